The summed E-state index contributed by atoms with van der Waals surface area (Å²) < 4.78 is 68.9. The molecule has 0 fully saturated rings. The number of aliphatic hydroxyl groups is 1. The number of carbonyl (C=O) groups is 4. The highest BCUT2D eigenvalue weighted by Crippen LogP contribution is 2.45. The van der Waals surface area contributed by atoms with E-state index in [0.29, 0.717) is 25.7 Å². The molecule has 0 aliphatic heterocycles. The van der Waals surface area contributed by atoms with Crippen LogP contribution in [0.1, 0.15) is 459 Å². The summed E-state index contributed by atoms with van der Waals surface area (Å²) in [5.74, 6) is -0.502. The van der Waals surface area contributed by atoms with E-state index in [1.54, 1.807) is 0 Å². The number of unbranched alkanes of at least 4 members (excludes halogenated alkanes) is 54. The van der Waals surface area contributed by atoms with Crippen LogP contribution in [-0.2, 0) is 65.4 Å². The van der Waals surface area contributed by atoms with Crippen molar-refractivity contribution >= 4 is 39.5 Å². The van der Waals surface area contributed by atoms with Crippen LogP contribution in [0.4, 0.5) is 0 Å². The van der Waals surface area contributed by atoms with Crippen molar-refractivity contribution in [1.82, 2.24) is 0 Å². The highest BCUT2D eigenvalue weighted by Gasteiger charge is 2.30. The van der Waals surface area contributed by atoms with Crippen molar-refractivity contribution in [3.05, 3.63) is 0 Å². The van der Waals surface area contributed by atoms with Crippen LogP contribution < -0.4 is 0 Å². The average Bonchev–Trinajstić information content (AvgIpc) is 0.926. The summed E-state index contributed by atoms with van der Waals surface area (Å²) >= 11 is 0. The van der Waals surface area contributed by atoms with Gasteiger partial charge < -0.3 is 33.8 Å². The van der Waals surface area contributed by atoms with Crippen LogP contribution in [0.2, 0.25) is 0 Å². The monoisotopic (exact) mass is 1540 g/mol. The van der Waals surface area contributed by atoms with Gasteiger partial charge in [0.05, 0.1) is 26.4 Å². The molecule has 0 aliphatic rings. The predicted molar refractivity (Wildman–Crippen MR) is 432 cm³/mol. The first-order valence-corrected chi connectivity index (χ1v) is 47.5. The Labute approximate surface area is 645 Å². The van der Waals surface area contributed by atoms with Gasteiger partial charge in [-0.15, -0.1) is 0 Å². The van der Waals surface area contributed by atoms with Gasteiger partial charge in [0.15, 0.2) is 12.2 Å². The quantitative estimate of drug-likeness (QED) is 0.0222. The fourth-order valence-electron chi connectivity index (χ4n) is 13.4. The number of phosphoric acid groups is 2. The van der Waals surface area contributed by atoms with Crippen LogP contribution in [0.3, 0.4) is 0 Å². The highest BCUT2D eigenvalue weighted by atomic mass is 31.2. The lowest BCUT2D eigenvalue weighted by atomic mass is 9.99. The summed E-state index contributed by atoms with van der Waals surface area (Å²) in [6, 6.07) is 0. The molecule has 17 nitrogen and oxygen atoms in total. The third-order valence-electron chi connectivity index (χ3n) is 20.6. The molecule has 105 heavy (non-hydrogen) atoms. The maximum absolute atomic E-state index is 13.1. The van der Waals surface area contributed by atoms with Gasteiger partial charge in [-0.1, -0.05) is 408 Å². The summed E-state index contributed by atoms with van der Waals surface area (Å²) in [5, 5.41) is 10.7. The van der Waals surface area contributed by atoms with Crippen molar-refractivity contribution in [2.45, 2.75) is 477 Å². The SMILES string of the molecule is CCCCCCCCCCCCCCCCCCCC(=O)OC[C@H](COP(=O)(O)OC[C@@H](O)COP(=O)(O)OC[C@@H](COC(=O)CCCCCCCCCCC(C)CC)OC(=O)CCCCCCCCCCCCCCCCC)OC(=O)CCCCCCCCCCCCCCCCCCCCC(C)C. The lowest BCUT2D eigenvalue weighted by molar-refractivity contribution is -0.161. The number of ether oxygens (including phenoxy) is 4. The minimum Gasteiger partial charge on any atom is -0.462 e. The van der Waals surface area contributed by atoms with Crippen molar-refractivity contribution in [2.24, 2.45) is 11.8 Å². The van der Waals surface area contributed by atoms with E-state index in [2.05, 4.69) is 41.5 Å². The van der Waals surface area contributed by atoms with Crippen LogP contribution in [0, 0.1) is 11.8 Å². The van der Waals surface area contributed by atoms with E-state index >= 15 is 0 Å². The molecule has 0 aromatic heterocycles. The zero-order valence-electron chi connectivity index (χ0n) is 69.0. The van der Waals surface area contributed by atoms with Gasteiger partial charge in [0.25, 0.3) is 0 Å². The largest absolute Gasteiger partial charge is 0.472 e. The fourth-order valence-corrected chi connectivity index (χ4v) is 15.0. The number of carbonyl (C=O) groups excluding carboxylic acids is 4. The minimum atomic E-state index is -4.97. The number of hydrogen-bond donors (Lipinski definition) is 3. The van der Waals surface area contributed by atoms with Crippen LogP contribution in [-0.4, -0.2) is 96.7 Å². The van der Waals surface area contributed by atoms with Crippen LogP contribution in [0.25, 0.3) is 0 Å². The first-order chi connectivity index (χ1) is 50.9. The second-order valence-electron chi connectivity index (χ2n) is 31.6. The Morgan fingerprint density at radius 3 is 0.724 bits per heavy atom. The Kier molecular flexibility index (Phi) is 76.0. The molecule has 0 aromatic rings. The van der Waals surface area contributed by atoms with E-state index < -0.39 is 97.5 Å². The molecule has 0 aromatic carbocycles. The van der Waals surface area contributed by atoms with Crippen molar-refractivity contribution in [1.29, 1.82) is 0 Å². The maximum Gasteiger partial charge on any atom is 0.472 e. The molecule has 0 amide bonds. The second-order valence-corrected chi connectivity index (χ2v) is 34.6. The molecule has 0 saturated heterocycles. The lowest BCUT2D eigenvalue weighted by Crippen LogP contribution is -2.30. The minimum absolute atomic E-state index is 0.108. The molecule has 0 heterocycles. The molecule has 6 atom stereocenters. The zero-order chi connectivity index (χ0) is 77.1. The van der Waals surface area contributed by atoms with Crippen LogP contribution in [0.15, 0.2) is 0 Å². The molecular formula is C86H168O17P2. The molecule has 0 bridgehead atoms. The van der Waals surface area contributed by atoms with Crippen LogP contribution in [0.5, 0.6) is 0 Å². The fraction of sp³-hybridized carbons (Fsp3) is 0.953. The van der Waals surface area contributed by atoms with Gasteiger partial charge >= 0.3 is 39.5 Å². The standard InChI is InChI=1S/C86H168O17P2/c1-7-10-12-14-16-18-20-22-24-27-32-35-39-43-50-56-62-68-83(88)96-74-81(102-85(90)71-65-59-53-45-41-37-33-29-26-25-28-31-34-38-42-48-54-60-66-78(4)5)76-100-104(92,93)98-72-80(87)73-99-105(94,95)101-77-82(75-97-84(89)69-63-57-51-47-46-49-55-61-67-79(6)9-3)103-86(91)70-64-58-52-44-40-36-30-23-21-19-17-15-13-11-8-2/h78-82,87H,7-77H2,1-6H3,(H,92,93)(H,94,95)/t79?,80-,81-,82-/m1/s1. The summed E-state index contributed by atoms with van der Waals surface area (Å²) in [7, 11) is -9.93. The smallest absolute Gasteiger partial charge is 0.462 e. The van der Waals surface area contributed by atoms with Gasteiger partial charge in [-0.3, -0.25) is 37.3 Å². The molecule has 0 spiro atoms. The molecule has 624 valence electrons. The maximum atomic E-state index is 13.1. The van der Waals surface area contributed by atoms with E-state index in [1.807, 2.05) is 0 Å². The van der Waals surface area contributed by atoms with E-state index in [0.717, 1.165) is 102 Å². The lowest BCUT2D eigenvalue weighted by Gasteiger charge is -2.21. The molecule has 3 N–H and O–H groups in total. The first kappa shape index (κ1) is 103. The highest BCUT2D eigenvalue weighted by molar-refractivity contribution is 7.47. The van der Waals surface area contributed by atoms with Crippen molar-refractivity contribution in [3.63, 3.8) is 0 Å². The van der Waals surface area contributed by atoms with Gasteiger partial charge in [-0.2, -0.15) is 0 Å². The molecule has 0 radical (unpaired) electrons. The Bertz CT molecular complexity index is 2010. The summed E-state index contributed by atoms with van der Waals surface area (Å²) in [6.07, 6.45) is 69.3. The number of rotatable bonds is 85. The van der Waals surface area contributed by atoms with Gasteiger partial charge in [-0.05, 0) is 37.5 Å². The van der Waals surface area contributed by atoms with Gasteiger partial charge in [0.1, 0.15) is 19.3 Å². The predicted octanol–water partition coefficient (Wildman–Crippen LogP) is 26.2. The topological polar surface area (TPSA) is 237 Å². The van der Waals surface area contributed by atoms with E-state index in [-0.39, 0.29) is 25.7 Å². The van der Waals surface area contributed by atoms with E-state index in [1.165, 1.54) is 276 Å². The third kappa shape index (κ3) is 78.5. The third-order valence-corrected chi connectivity index (χ3v) is 22.5. The van der Waals surface area contributed by atoms with Crippen molar-refractivity contribution in [3.8, 4) is 0 Å². The van der Waals surface area contributed by atoms with Gasteiger partial charge in [0.2, 0.25) is 0 Å². The number of aliphatic hydroxyl groups excluding tert-OH is 1. The van der Waals surface area contributed by atoms with Crippen molar-refractivity contribution in [2.75, 3.05) is 39.6 Å². The summed E-state index contributed by atoms with van der Waals surface area (Å²) in [6.45, 7) is 9.72. The Morgan fingerprint density at radius 2 is 0.486 bits per heavy atom. The molecule has 0 aliphatic carbocycles. The number of esters is 4. The Balaban J connectivity index is 5.25. The number of hydrogen-bond acceptors (Lipinski definition) is 15. The average molecular weight is 1540 g/mol. The molecule has 0 saturated carbocycles. The van der Waals surface area contributed by atoms with Crippen molar-refractivity contribution < 1.29 is 80.2 Å². The Hall–Kier alpha value is -1.94. The first-order valence-electron chi connectivity index (χ1n) is 44.5. The number of phosphoric ester groups is 2. The summed E-state index contributed by atoms with van der Waals surface area (Å²) in [4.78, 5) is 73.3. The molecule has 3 unspecified atom stereocenters. The second kappa shape index (κ2) is 77.4. The molecule has 0 rings (SSSR count). The van der Waals surface area contributed by atoms with Gasteiger partial charge in [0, 0.05) is 25.7 Å². The molecular weight excluding hydrogens is 1370 g/mol. The summed E-state index contributed by atoms with van der Waals surface area (Å²) in [5.41, 5.74) is 0. The van der Waals surface area contributed by atoms with E-state index in [9.17, 15) is 43.2 Å². The molecule has 19 heteroatoms. The zero-order valence-corrected chi connectivity index (χ0v) is 70.8. The Morgan fingerprint density at radius 1 is 0.276 bits per heavy atom. The van der Waals surface area contributed by atoms with Gasteiger partial charge in [-0.25, -0.2) is 9.13 Å². The van der Waals surface area contributed by atoms with Crippen LogP contribution >= 0.6 is 15.6 Å². The van der Waals surface area contributed by atoms with E-state index in [4.69, 9.17) is 37.0 Å². The normalized spacial score (nSPS) is 14.1.